The van der Waals surface area contributed by atoms with Gasteiger partial charge in [0.1, 0.15) is 0 Å². The van der Waals surface area contributed by atoms with Crippen LogP contribution in [0.25, 0.3) is 22.0 Å². The number of primary amides is 1. The number of carbonyl (C=O) groups excluding carboxylic acids is 1. The van der Waals surface area contributed by atoms with Crippen LogP contribution in [0.3, 0.4) is 0 Å². The maximum absolute atomic E-state index is 11.4. The number of hydrogen-bond acceptors (Lipinski definition) is 4. The molecule has 1 amide bonds. The quantitative estimate of drug-likeness (QED) is 0.567. The third-order valence-electron chi connectivity index (χ3n) is 4.36. The van der Waals surface area contributed by atoms with Gasteiger partial charge in [0.2, 0.25) is 5.91 Å². The zero-order valence-corrected chi connectivity index (χ0v) is 14.6. The van der Waals surface area contributed by atoms with Gasteiger partial charge in [-0.1, -0.05) is 30.3 Å². The Bertz CT molecular complexity index is 1120. The average molecular weight is 354 g/mol. The van der Waals surface area contributed by atoms with Gasteiger partial charge in [0, 0.05) is 41.6 Å². The lowest BCUT2D eigenvalue weighted by Crippen LogP contribution is -2.10. The SMILES string of the molecule is NC(=O)c1cccc(-c2cncc(NCc3cnc4ccccc4c3)c2)c1. The van der Waals surface area contributed by atoms with Gasteiger partial charge in [0.15, 0.2) is 0 Å². The molecule has 0 aliphatic rings. The van der Waals surface area contributed by atoms with E-state index in [1.54, 1.807) is 24.5 Å². The number of para-hydroxylation sites is 1. The molecule has 0 radical (unpaired) electrons. The lowest BCUT2D eigenvalue weighted by molar-refractivity contribution is 0.100. The summed E-state index contributed by atoms with van der Waals surface area (Å²) in [6.07, 6.45) is 5.42. The van der Waals surface area contributed by atoms with Gasteiger partial charge in [0.25, 0.3) is 0 Å². The number of pyridine rings is 2. The monoisotopic (exact) mass is 354 g/mol. The molecule has 132 valence electrons. The molecule has 2 aromatic heterocycles. The van der Waals surface area contributed by atoms with Crippen molar-refractivity contribution >= 4 is 22.5 Å². The molecule has 0 fully saturated rings. The number of carbonyl (C=O) groups is 1. The Hall–Kier alpha value is -3.73. The van der Waals surface area contributed by atoms with Crippen LogP contribution in [0.2, 0.25) is 0 Å². The summed E-state index contributed by atoms with van der Waals surface area (Å²) in [7, 11) is 0. The largest absolute Gasteiger partial charge is 0.380 e. The van der Waals surface area contributed by atoms with Gasteiger partial charge in [-0.3, -0.25) is 14.8 Å². The Balaban J connectivity index is 1.54. The summed E-state index contributed by atoms with van der Waals surface area (Å²) in [6, 6.07) is 19.4. The number of hydrogen-bond donors (Lipinski definition) is 2. The molecule has 0 saturated heterocycles. The lowest BCUT2D eigenvalue weighted by atomic mass is 10.0. The van der Waals surface area contributed by atoms with Gasteiger partial charge >= 0.3 is 0 Å². The molecule has 5 heteroatoms. The molecule has 0 atom stereocenters. The molecule has 0 aliphatic heterocycles. The minimum atomic E-state index is -0.442. The van der Waals surface area contributed by atoms with Crippen molar-refractivity contribution in [2.24, 2.45) is 5.73 Å². The molecule has 0 unspecified atom stereocenters. The standard InChI is InChI=1S/C22H18N4O/c23-22(27)18-6-3-5-16(9-18)19-10-20(14-24-13-19)25-11-15-8-17-4-1-2-7-21(17)26-12-15/h1-10,12-14,25H,11H2,(H2,23,27). The van der Waals surface area contributed by atoms with Crippen LogP contribution in [0.15, 0.2) is 79.3 Å². The second kappa shape index (κ2) is 7.25. The van der Waals surface area contributed by atoms with Crippen LogP contribution in [0.1, 0.15) is 15.9 Å². The summed E-state index contributed by atoms with van der Waals surface area (Å²) < 4.78 is 0. The van der Waals surface area contributed by atoms with E-state index in [1.807, 2.05) is 42.6 Å². The van der Waals surface area contributed by atoms with Crippen molar-refractivity contribution < 1.29 is 4.79 Å². The number of nitrogens with one attached hydrogen (secondary N) is 1. The zero-order valence-electron chi connectivity index (χ0n) is 14.6. The zero-order chi connectivity index (χ0) is 18.6. The molecule has 0 spiro atoms. The fourth-order valence-corrected chi connectivity index (χ4v) is 2.96. The van der Waals surface area contributed by atoms with E-state index in [4.69, 9.17) is 5.73 Å². The number of benzene rings is 2. The van der Waals surface area contributed by atoms with Crippen LogP contribution in [0.5, 0.6) is 0 Å². The van der Waals surface area contributed by atoms with Gasteiger partial charge in [-0.15, -0.1) is 0 Å². The van der Waals surface area contributed by atoms with Gasteiger partial charge < -0.3 is 11.1 Å². The molecule has 2 heterocycles. The van der Waals surface area contributed by atoms with Crippen molar-refractivity contribution in [2.45, 2.75) is 6.54 Å². The van der Waals surface area contributed by atoms with E-state index in [1.165, 1.54) is 0 Å². The van der Waals surface area contributed by atoms with E-state index in [0.29, 0.717) is 12.1 Å². The Morgan fingerprint density at radius 3 is 2.70 bits per heavy atom. The molecule has 5 nitrogen and oxygen atoms in total. The molecule has 0 aliphatic carbocycles. The van der Waals surface area contributed by atoms with E-state index in [2.05, 4.69) is 27.4 Å². The number of nitrogens with zero attached hydrogens (tertiary/aromatic N) is 2. The van der Waals surface area contributed by atoms with E-state index < -0.39 is 5.91 Å². The average Bonchev–Trinajstić information content (AvgIpc) is 2.72. The van der Waals surface area contributed by atoms with E-state index in [9.17, 15) is 4.79 Å². The Morgan fingerprint density at radius 2 is 1.81 bits per heavy atom. The topological polar surface area (TPSA) is 80.9 Å². The van der Waals surface area contributed by atoms with Crippen molar-refractivity contribution in [3.05, 3.63) is 90.4 Å². The number of fused-ring (bicyclic) bond motifs is 1. The summed E-state index contributed by atoms with van der Waals surface area (Å²) >= 11 is 0. The first-order valence-electron chi connectivity index (χ1n) is 8.62. The molecule has 4 rings (SSSR count). The number of amides is 1. The van der Waals surface area contributed by atoms with E-state index in [-0.39, 0.29) is 0 Å². The highest BCUT2D eigenvalue weighted by atomic mass is 16.1. The molecule has 4 aromatic rings. The number of rotatable bonds is 5. The van der Waals surface area contributed by atoms with Crippen molar-refractivity contribution in [1.82, 2.24) is 9.97 Å². The first-order valence-corrected chi connectivity index (χ1v) is 8.62. The molecule has 2 aromatic carbocycles. The Labute approximate surface area is 156 Å². The van der Waals surface area contributed by atoms with Gasteiger partial charge in [-0.05, 0) is 41.5 Å². The Kier molecular flexibility index (Phi) is 4.49. The predicted molar refractivity (Wildman–Crippen MR) is 107 cm³/mol. The third kappa shape index (κ3) is 3.77. The van der Waals surface area contributed by atoms with Crippen molar-refractivity contribution in [3.8, 4) is 11.1 Å². The smallest absolute Gasteiger partial charge is 0.248 e. The molecule has 0 bridgehead atoms. The summed E-state index contributed by atoms with van der Waals surface area (Å²) in [5.74, 6) is -0.442. The maximum Gasteiger partial charge on any atom is 0.248 e. The van der Waals surface area contributed by atoms with E-state index in [0.717, 1.165) is 33.3 Å². The number of nitrogens with two attached hydrogens (primary N) is 1. The molecule has 0 saturated carbocycles. The van der Waals surface area contributed by atoms with Crippen molar-refractivity contribution in [3.63, 3.8) is 0 Å². The van der Waals surface area contributed by atoms with Crippen LogP contribution >= 0.6 is 0 Å². The predicted octanol–water partition coefficient (Wildman–Crippen LogP) is 4.01. The lowest BCUT2D eigenvalue weighted by Gasteiger charge is -2.09. The van der Waals surface area contributed by atoms with Gasteiger partial charge in [0.05, 0.1) is 11.2 Å². The fraction of sp³-hybridized carbons (Fsp3) is 0.0455. The van der Waals surface area contributed by atoms with Crippen LogP contribution in [-0.4, -0.2) is 15.9 Å². The summed E-state index contributed by atoms with van der Waals surface area (Å²) in [5, 5.41) is 4.50. The normalized spacial score (nSPS) is 10.7. The molecular weight excluding hydrogens is 336 g/mol. The summed E-state index contributed by atoms with van der Waals surface area (Å²) in [5.41, 5.74) is 10.6. The van der Waals surface area contributed by atoms with Gasteiger partial charge in [-0.2, -0.15) is 0 Å². The van der Waals surface area contributed by atoms with Crippen LogP contribution in [-0.2, 0) is 6.54 Å². The second-order valence-electron chi connectivity index (χ2n) is 6.30. The second-order valence-corrected chi connectivity index (χ2v) is 6.30. The molecular formula is C22H18N4O. The maximum atomic E-state index is 11.4. The highest BCUT2D eigenvalue weighted by molar-refractivity contribution is 5.94. The summed E-state index contributed by atoms with van der Waals surface area (Å²) in [6.45, 7) is 0.643. The fourth-order valence-electron chi connectivity index (χ4n) is 2.96. The van der Waals surface area contributed by atoms with Crippen LogP contribution in [0, 0.1) is 0 Å². The first kappa shape index (κ1) is 16.7. The van der Waals surface area contributed by atoms with Crippen molar-refractivity contribution in [2.75, 3.05) is 5.32 Å². The van der Waals surface area contributed by atoms with Crippen LogP contribution in [0.4, 0.5) is 5.69 Å². The highest BCUT2D eigenvalue weighted by Crippen LogP contribution is 2.23. The molecule has 3 N–H and O–H groups in total. The van der Waals surface area contributed by atoms with E-state index >= 15 is 0 Å². The Morgan fingerprint density at radius 1 is 0.926 bits per heavy atom. The van der Waals surface area contributed by atoms with Gasteiger partial charge in [-0.25, -0.2) is 0 Å². The molecule has 27 heavy (non-hydrogen) atoms. The first-order chi connectivity index (χ1) is 13.2. The minimum absolute atomic E-state index is 0.442. The van der Waals surface area contributed by atoms with Crippen molar-refractivity contribution in [1.29, 1.82) is 0 Å². The summed E-state index contributed by atoms with van der Waals surface area (Å²) in [4.78, 5) is 20.2. The minimum Gasteiger partial charge on any atom is -0.380 e. The number of anilines is 1. The third-order valence-corrected chi connectivity index (χ3v) is 4.36. The highest BCUT2D eigenvalue weighted by Gasteiger charge is 2.05. The number of aromatic nitrogens is 2. The van der Waals surface area contributed by atoms with Crippen LogP contribution < -0.4 is 11.1 Å².